The van der Waals surface area contributed by atoms with E-state index in [0.29, 0.717) is 29.2 Å². The summed E-state index contributed by atoms with van der Waals surface area (Å²) in [6, 6.07) is 5.69. The van der Waals surface area contributed by atoms with Crippen LogP contribution in [0.25, 0.3) is 10.9 Å². The van der Waals surface area contributed by atoms with Gasteiger partial charge in [0, 0.05) is 40.2 Å². The summed E-state index contributed by atoms with van der Waals surface area (Å²) >= 11 is 6.13. The molecule has 2 aliphatic carbocycles. The number of hydrogen-bond donors (Lipinski definition) is 0. The minimum absolute atomic E-state index is 0.00483. The van der Waals surface area contributed by atoms with Crippen LogP contribution < -0.4 is 0 Å². The van der Waals surface area contributed by atoms with E-state index in [1.807, 2.05) is 36.7 Å². The van der Waals surface area contributed by atoms with Crippen molar-refractivity contribution in [1.29, 1.82) is 0 Å². The Morgan fingerprint density at radius 2 is 2.12 bits per heavy atom. The molecule has 1 heterocycles. The molecule has 2 aliphatic rings. The van der Waals surface area contributed by atoms with Gasteiger partial charge in [-0.1, -0.05) is 44.2 Å². The summed E-state index contributed by atoms with van der Waals surface area (Å²) in [6.45, 7) is 9.01. The number of benzene rings is 1. The molecule has 1 fully saturated rings. The Hall–Kier alpha value is -1.92. The van der Waals surface area contributed by atoms with Gasteiger partial charge >= 0.3 is 5.97 Å². The lowest BCUT2D eigenvalue weighted by Gasteiger charge is -2.23. The second-order valence-corrected chi connectivity index (χ2v) is 8.91. The number of fused-ring (bicyclic) bond motifs is 2. The molecule has 3 atom stereocenters. The fourth-order valence-corrected chi connectivity index (χ4v) is 5.12. The van der Waals surface area contributed by atoms with Crippen LogP contribution in [-0.4, -0.2) is 17.1 Å². The van der Waals surface area contributed by atoms with Crippen molar-refractivity contribution in [3.8, 4) is 11.8 Å². The molecule has 0 saturated heterocycles. The summed E-state index contributed by atoms with van der Waals surface area (Å²) < 4.78 is 7.76. The molecule has 0 spiro atoms. The maximum Gasteiger partial charge on any atom is 0.355 e. The monoisotopic (exact) mass is 369 g/mol. The Kier molecular flexibility index (Phi) is 3.72. The minimum Gasteiger partial charge on any atom is -0.460 e. The van der Waals surface area contributed by atoms with E-state index in [1.54, 1.807) is 0 Å². The normalized spacial score (nSPS) is 28.2. The van der Waals surface area contributed by atoms with Crippen LogP contribution in [0.3, 0.4) is 0 Å². The first-order valence-corrected chi connectivity index (χ1v) is 9.49. The number of nitrogens with zero attached hydrogens (tertiary/aromatic N) is 1. The van der Waals surface area contributed by atoms with E-state index in [2.05, 4.69) is 32.6 Å². The Morgan fingerprint density at radius 3 is 2.85 bits per heavy atom. The third-order valence-electron chi connectivity index (χ3n) is 6.69. The average Bonchev–Trinajstić information content (AvgIpc) is 2.94. The highest BCUT2D eigenvalue weighted by Gasteiger charge is 2.71. The van der Waals surface area contributed by atoms with Crippen molar-refractivity contribution in [3.05, 3.63) is 34.5 Å². The molecule has 0 N–H and O–H groups in total. The number of aromatic nitrogens is 1. The summed E-state index contributed by atoms with van der Waals surface area (Å²) in [7, 11) is 1.90. The molecular formula is C22H24ClNO2. The van der Waals surface area contributed by atoms with Crippen molar-refractivity contribution in [2.24, 2.45) is 29.7 Å². The third kappa shape index (κ3) is 2.25. The van der Waals surface area contributed by atoms with Crippen LogP contribution in [0.5, 0.6) is 0 Å². The van der Waals surface area contributed by atoms with Gasteiger partial charge in [0.15, 0.2) is 0 Å². The summed E-state index contributed by atoms with van der Waals surface area (Å²) in [5.74, 6) is 7.11. The number of ether oxygens (including phenoxy) is 1. The molecule has 0 amide bonds. The molecule has 4 heteroatoms. The van der Waals surface area contributed by atoms with E-state index >= 15 is 0 Å². The molecule has 0 aliphatic heterocycles. The minimum atomic E-state index is -0.265. The van der Waals surface area contributed by atoms with Crippen molar-refractivity contribution in [2.75, 3.05) is 6.61 Å². The van der Waals surface area contributed by atoms with Crippen LogP contribution in [0.15, 0.2) is 18.2 Å². The van der Waals surface area contributed by atoms with E-state index in [9.17, 15) is 4.79 Å². The molecule has 0 bridgehead atoms. The SMILES string of the molecule is Cc1c(C(=O)OCC23CC(C)C#CC2C3(C)C)n(C)c2ccc(Cl)cc12. The maximum atomic E-state index is 12.9. The van der Waals surface area contributed by atoms with Gasteiger partial charge in [0.1, 0.15) is 5.69 Å². The Bertz CT molecular complexity index is 991. The average molecular weight is 370 g/mol. The summed E-state index contributed by atoms with van der Waals surface area (Å²) in [5.41, 5.74) is 2.60. The third-order valence-corrected chi connectivity index (χ3v) is 6.92. The van der Waals surface area contributed by atoms with Gasteiger partial charge in [0.2, 0.25) is 0 Å². The molecule has 1 aromatic heterocycles. The van der Waals surface area contributed by atoms with Gasteiger partial charge in [0.05, 0.1) is 6.61 Å². The van der Waals surface area contributed by atoms with Crippen LogP contribution in [0.2, 0.25) is 5.02 Å². The first kappa shape index (κ1) is 17.5. The van der Waals surface area contributed by atoms with E-state index in [4.69, 9.17) is 16.3 Å². The number of aryl methyl sites for hydroxylation is 2. The van der Waals surface area contributed by atoms with Crippen molar-refractivity contribution in [2.45, 2.75) is 34.1 Å². The van der Waals surface area contributed by atoms with Crippen LogP contribution in [-0.2, 0) is 11.8 Å². The predicted octanol–water partition coefficient (Wildman–Crippen LogP) is 4.98. The maximum absolute atomic E-state index is 12.9. The number of hydrogen-bond acceptors (Lipinski definition) is 2. The zero-order valence-electron chi connectivity index (χ0n) is 15.9. The fourth-order valence-electron chi connectivity index (χ4n) is 4.95. The molecule has 26 heavy (non-hydrogen) atoms. The Morgan fingerprint density at radius 1 is 1.38 bits per heavy atom. The summed E-state index contributed by atoms with van der Waals surface area (Å²) in [6.07, 6.45) is 0.995. The fraction of sp³-hybridized carbons (Fsp3) is 0.500. The number of carbonyl (C=O) groups is 1. The second kappa shape index (κ2) is 5.54. The van der Waals surface area contributed by atoms with E-state index < -0.39 is 0 Å². The van der Waals surface area contributed by atoms with E-state index in [0.717, 1.165) is 22.9 Å². The molecule has 1 saturated carbocycles. The van der Waals surface area contributed by atoms with Crippen LogP contribution >= 0.6 is 11.6 Å². The lowest BCUT2D eigenvalue weighted by molar-refractivity contribution is 0.0342. The predicted molar refractivity (Wildman–Crippen MR) is 104 cm³/mol. The molecule has 3 unspecified atom stereocenters. The highest BCUT2D eigenvalue weighted by atomic mass is 35.5. The molecule has 136 valence electrons. The number of rotatable bonds is 3. The number of halogens is 1. The lowest BCUT2D eigenvalue weighted by atomic mass is 9.85. The van der Waals surface area contributed by atoms with Gasteiger partial charge in [-0.15, -0.1) is 0 Å². The highest BCUT2D eigenvalue weighted by molar-refractivity contribution is 6.31. The Balaban J connectivity index is 1.61. The first-order valence-electron chi connectivity index (χ1n) is 9.12. The van der Waals surface area contributed by atoms with Gasteiger partial charge in [-0.05, 0) is 42.5 Å². The molecule has 2 aromatic rings. The molecule has 3 nitrogen and oxygen atoms in total. The summed E-state index contributed by atoms with van der Waals surface area (Å²) in [5, 5.41) is 1.66. The Labute approximate surface area is 159 Å². The van der Waals surface area contributed by atoms with Crippen LogP contribution in [0, 0.1) is 41.4 Å². The van der Waals surface area contributed by atoms with Gasteiger partial charge in [-0.2, -0.15) is 0 Å². The van der Waals surface area contributed by atoms with E-state index in [-0.39, 0.29) is 16.8 Å². The summed E-state index contributed by atoms with van der Waals surface area (Å²) in [4.78, 5) is 12.9. The second-order valence-electron chi connectivity index (χ2n) is 8.47. The molecule has 0 radical (unpaired) electrons. The van der Waals surface area contributed by atoms with Crippen molar-refractivity contribution in [1.82, 2.24) is 4.57 Å². The van der Waals surface area contributed by atoms with Gasteiger partial charge in [0.25, 0.3) is 0 Å². The zero-order chi connectivity index (χ0) is 18.9. The van der Waals surface area contributed by atoms with Gasteiger partial charge in [-0.3, -0.25) is 0 Å². The largest absolute Gasteiger partial charge is 0.460 e. The first-order chi connectivity index (χ1) is 12.2. The van der Waals surface area contributed by atoms with Crippen LogP contribution in [0.4, 0.5) is 0 Å². The quantitative estimate of drug-likeness (QED) is 0.564. The molecular weight excluding hydrogens is 346 g/mol. The molecule has 1 aromatic carbocycles. The van der Waals surface area contributed by atoms with E-state index in [1.165, 1.54) is 0 Å². The van der Waals surface area contributed by atoms with Crippen molar-refractivity contribution < 1.29 is 9.53 Å². The van der Waals surface area contributed by atoms with Crippen LogP contribution in [0.1, 0.15) is 43.2 Å². The van der Waals surface area contributed by atoms with Gasteiger partial charge < -0.3 is 9.30 Å². The lowest BCUT2D eigenvalue weighted by Crippen LogP contribution is -2.24. The zero-order valence-corrected chi connectivity index (χ0v) is 16.7. The number of esters is 1. The standard InChI is InChI=1S/C22H24ClNO2/c1-13-6-9-18-21(3,4)22(18,11-13)12-26-20(25)19-14(2)16-10-15(23)7-8-17(16)24(19)5/h7-8,10,13,18H,11-12H2,1-5H3. The topological polar surface area (TPSA) is 31.2 Å². The molecule has 4 rings (SSSR count). The smallest absolute Gasteiger partial charge is 0.355 e. The van der Waals surface area contributed by atoms with Crippen molar-refractivity contribution in [3.63, 3.8) is 0 Å². The van der Waals surface area contributed by atoms with Gasteiger partial charge in [-0.25, -0.2) is 4.79 Å². The highest BCUT2D eigenvalue weighted by Crippen LogP contribution is 2.72. The van der Waals surface area contributed by atoms with Crippen molar-refractivity contribution >= 4 is 28.5 Å². The number of carbonyl (C=O) groups excluding carboxylic acids is 1.